The molecule has 0 spiro atoms. The van der Waals surface area contributed by atoms with Crippen LogP contribution in [0, 0.1) is 17.7 Å². The summed E-state index contributed by atoms with van der Waals surface area (Å²) < 4.78 is 19.2. The summed E-state index contributed by atoms with van der Waals surface area (Å²) >= 11 is 7.89. The number of amides is 2. The standard InChI is InChI=1S/C35H34ClFN6O4S/c1-47-33(44)29-28(39-31(32-38-13-17-48-32)40-30(29)26-10-9-24(37)18-27(26)36)21-41-15-16-43-25(19-41)20-42(34(43)45)14-2-4-22-5-7-23(8-6-22)35(46)11-3-12-35/h5-10,13,17-18,25,30,46H,3,11-12,14-16,19-21H2,1H3,(H,39,40)/t25-,30-/m0/s1. The number of carbonyl (C=O) groups excluding carboxylic acids is 2. The molecular formula is C35H34ClFN6O4S. The van der Waals surface area contributed by atoms with Crippen LogP contribution in [0.1, 0.15) is 47.0 Å². The molecule has 1 saturated carbocycles. The number of methoxy groups -OCH3 is 1. The van der Waals surface area contributed by atoms with Gasteiger partial charge in [-0.05, 0) is 49.1 Å². The van der Waals surface area contributed by atoms with Crippen LogP contribution in [0.3, 0.4) is 0 Å². The van der Waals surface area contributed by atoms with Crippen LogP contribution in [0.15, 0.2) is 70.3 Å². The van der Waals surface area contributed by atoms with Crippen LogP contribution in [0.2, 0.25) is 5.02 Å². The second kappa shape index (κ2) is 13.3. The zero-order chi connectivity index (χ0) is 33.4. The van der Waals surface area contributed by atoms with Gasteiger partial charge in [-0.2, -0.15) is 0 Å². The van der Waals surface area contributed by atoms with E-state index in [1.54, 1.807) is 11.1 Å². The Kier molecular flexibility index (Phi) is 8.96. The first kappa shape index (κ1) is 32.3. The van der Waals surface area contributed by atoms with Gasteiger partial charge < -0.3 is 25.0 Å². The summed E-state index contributed by atoms with van der Waals surface area (Å²) in [5.41, 5.74) is 2.40. The molecule has 48 heavy (non-hydrogen) atoms. The van der Waals surface area contributed by atoms with Crippen molar-refractivity contribution in [3.05, 3.63) is 97.8 Å². The van der Waals surface area contributed by atoms with Gasteiger partial charge in [-0.3, -0.25) is 9.89 Å². The van der Waals surface area contributed by atoms with Crippen molar-refractivity contribution < 1.29 is 23.8 Å². The van der Waals surface area contributed by atoms with Crippen molar-refractivity contribution in [2.75, 3.05) is 46.4 Å². The van der Waals surface area contributed by atoms with E-state index in [4.69, 9.17) is 21.3 Å². The van der Waals surface area contributed by atoms with E-state index in [1.165, 1.54) is 36.6 Å². The van der Waals surface area contributed by atoms with E-state index in [9.17, 15) is 19.1 Å². The van der Waals surface area contributed by atoms with E-state index in [2.05, 4.69) is 27.0 Å². The van der Waals surface area contributed by atoms with Crippen molar-refractivity contribution in [1.82, 2.24) is 25.0 Å². The lowest BCUT2D eigenvalue weighted by Crippen LogP contribution is -2.53. The molecule has 2 aromatic carbocycles. The molecule has 4 heterocycles. The van der Waals surface area contributed by atoms with Crippen LogP contribution >= 0.6 is 22.9 Å². The zero-order valence-corrected chi connectivity index (χ0v) is 27.9. The number of aliphatic imine (C=N–C) groups is 1. The maximum Gasteiger partial charge on any atom is 0.338 e. The predicted molar refractivity (Wildman–Crippen MR) is 180 cm³/mol. The fourth-order valence-corrected chi connectivity index (χ4v) is 7.57. The highest BCUT2D eigenvalue weighted by molar-refractivity contribution is 7.11. The summed E-state index contributed by atoms with van der Waals surface area (Å²) in [6.45, 7) is 2.90. The normalized spacial score (nSPS) is 21.9. The summed E-state index contributed by atoms with van der Waals surface area (Å²) in [6.07, 6.45) is 4.29. The van der Waals surface area contributed by atoms with Crippen LogP contribution in [0.25, 0.3) is 0 Å². The third kappa shape index (κ3) is 6.31. The highest BCUT2D eigenvalue weighted by atomic mass is 35.5. The summed E-state index contributed by atoms with van der Waals surface area (Å²) in [5.74, 6) is 5.72. The molecule has 3 aliphatic heterocycles. The van der Waals surface area contributed by atoms with Gasteiger partial charge in [-0.1, -0.05) is 41.6 Å². The molecule has 0 unspecified atom stereocenters. The molecule has 2 atom stereocenters. The molecule has 7 rings (SSSR count). The molecule has 248 valence electrons. The summed E-state index contributed by atoms with van der Waals surface area (Å²) in [4.78, 5) is 41.6. The average molecular weight is 689 g/mol. The number of rotatable bonds is 7. The number of thiazole rings is 1. The number of aromatic nitrogens is 1. The molecule has 2 saturated heterocycles. The lowest BCUT2D eigenvalue weighted by Gasteiger charge is -2.38. The largest absolute Gasteiger partial charge is 0.466 e. The summed E-state index contributed by atoms with van der Waals surface area (Å²) in [6, 6.07) is 10.8. The number of aliphatic hydroxyl groups is 1. The number of carbonyl (C=O) groups is 2. The number of esters is 1. The van der Waals surface area contributed by atoms with E-state index in [1.807, 2.05) is 34.5 Å². The van der Waals surface area contributed by atoms with Crippen molar-refractivity contribution >= 4 is 40.8 Å². The Bertz CT molecular complexity index is 1850. The maximum absolute atomic E-state index is 14.0. The smallest absolute Gasteiger partial charge is 0.338 e. The number of amidine groups is 1. The molecule has 3 fully saturated rings. The fraction of sp³-hybridized carbons (Fsp3) is 0.371. The van der Waals surface area contributed by atoms with Gasteiger partial charge in [-0.25, -0.2) is 19.0 Å². The molecule has 2 N–H and O–H groups in total. The molecule has 2 amide bonds. The monoisotopic (exact) mass is 688 g/mol. The van der Waals surface area contributed by atoms with Gasteiger partial charge in [0.1, 0.15) is 11.9 Å². The Morgan fingerprint density at radius 2 is 2.02 bits per heavy atom. The summed E-state index contributed by atoms with van der Waals surface area (Å²) in [7, 11) is 1.31. The summed E-state index contributed by atoms with van der Waals surface area (Å²) in [5, 5.41) is 16.5. The first-order valence-electron chi connectivity index (χ1n) is 15.8. The van der Waals surface area contributed by atoms with Crippen molar-refractivity contribution in [1.29, 1.82) is 0 Å². The Hall–Kier alpha value is -4.28. The van der Waals surface area contributed by atoms with Crippen molar-refractivity contribution in [3.63, 3.8) is 0 Å². The Balaban J connectivity index is 1.07. The maximum atomic E-state index is 14.0. The average Bonchev–Trinajstić information content (AvgIpc) is 3.72. The number of nitrogens with zero attached hydrogens (tertiary/aromatic N) is 5. The van der Waals surface area contributed by atoms with Gasteiger partial charge in [0.15, 0.2) is 10.8 Å². The Labute approximate surface area is 286 Å². The lowest BCUT2D eigenvalue weighted by molar-refractivity contribution is -0.136. The van der Waals surface area contributed by atoms with Gasteiger partial charge in [0.25, 0.3) is 0 Å². The third-order valence-corrected chi connectivity index (χ3v) is 10.5. The fourth-order valence-electron chi connectivity index (χ4n) is 6.71. The molecule has 0 radical (unpaired) electrons. The second-order valence-electron chi connectivity index (χ2n) is 12.4. The molecule has 10 nitrogen and oxygen atoms in total. The molecule has 3 aromatic rings. The van der Waals surface area contributed by atoms with E-state index in [0.717, 1.165) is 30.4 Å². The number of halogens is 2. The topological polar surface area (TPSA) is 111 Å². The molecule has 13 heteroatoms. The van der Waals surface area contributed by atoms with Crippen LogP contribution in [0.5, 0.6) is 0 Å². The van der Waals surface area contributed by atoms with Crippen LogP contribution in [0.4, 0.5) is 9.18 Å². The minimum atomic E-state index is -0.844. The minimum Gasteiger partial charge on any atom is -0.466 e. The number of benzene rings is 2. The van der Waals surface area contributed by atoms with E-state index >= 15 is 0 Å². The van der Waals surface area contributed by atoms with Crippen molar-refractivity contribution in [3.8, 4) is 11.8 Å². The minimum absolute atomic E-state index is 0.0361. The highest BCUT2D eigenvalue weighted by Crippen LogP contribution is 2.41. The molecular weight excluding hydrogens is 655 g/mol. The van der Waals surface area contributed by atoms with Gasteiger partial charge >= 0.3 is 12.0 Å². The molecule has 1 aliphatic carbocycles. The van der Waals surface area contributed by atoms with Gasteiger partial charge in [0.05, 0.1) is 30.9 Å². The van der Waals surface area contributed by atoms with Gasteiger partial charge in [0.2, 0.25) is 0 Å². The molecule has 4 aliphatic rings. The van der Waals surface area contributed by atoms with Crippen molar-refractivity contribution in [2.45, 2.75) is 36.9 Å². The predicted octanol–water partition coefficient (Wildman–Crippen LogP) is 4.30. The molecule has 0 bridgehead atoms. The number of nitrogens with one attached hydrogen (secondary N) is 1. The van der Waals surface area contributed by atoms with E-state index in [-0.39, 0.29) is 22.7 Å². The number of fused-ring (bicyclic) bond motifs is 1. The van der Waals surface area contributed by atoms with Gasteiger partial charge in [0, 0.05) is 66.1 Å². The molecule has 1 aromatic heterocycles. The van der Waals surface area contributed by atoms with Crippen molar-refractivity contribution in [2.24, 2.45) is 4.99 Å². The SMILES string of the molecule is COC(=O)C1=C(CN2CCN3C(=O)N(CC#Cc4ccc(C5(O)CCC5)cc4)C[C@@H]3C2)NC(c2nccs2)=N[C@H]1c1ccc(F)cc1Cl. The van der Waals surface area contributed by atoms with Crippen LogP contribution < -0.4 is 5.32 Å². The van der Waals surface area contributed by atoms with Crippen LogP contribution in [-0.4, -0.2) is 95.0 Å². The lowest BCUT2D eigenvalue weighted by atomic mass is 9.75. The van der Waals surface area contributed by atoms with Crippen LogP contribution in [-0.2, 0) is 15.1 Å². The number of urea groups is 1. The Morgan fingerprint density at radius 1 is 1.21 bits per heavy atom. The number of hydrogen-bond acceptors (Lipinski definition) is 9. The number of ether oxygens (including phenoxy) is 1. The first-order chi connectivity index (χ1) is 23.2. The third-order valence-electron chi connectivity index (χ3n) is 9.42. The van der Waals surface area contributed by atoms with E-state index < -0.39 is 23.4 Å². The first-order valence-corrected chi connectivity index (χ1v) is 17.1. The zero-order valence-electron chi connectivity index (χ0n) is 26.3. The second-order valence-corrected chi connectivity index (χ2v) is 13.7. The quantitative estimate of drug-likeness (QED) is 0.282. The number of hydrogen-bond donors (Lipinski definition) is 2. The van der Waals surface area contributed by atoms with E-state index in [0.29, 0.717) is 61.4 Å². The van der Waals surface area contributed by atoms with Gasteiger partial charge in [-0.15, -0.1) is 11.3 Å². The Morgan fingerprint density at radius 3 is 2.71 bits per heavy atom. The number of piperazine rings is 1. The highest BCUT2D eigenvalue weighted by Gasteiger charge is 2.41.